The maximum Gasteiger partial charge on any atom is 0.123 e. The van der Waals surface area contributed by atoms with Crippen LogP contribution in [-0.2, 0) is 4.74 Å². The molecule has 1 aliphatic heterocycles. The number of epoxide rings is 1. The van der Waals surface area contributed by atoms with E-state index in [1.165, 1.54) is 0 Å². The highest BCUT2D eigenvalue weighted by Crippen LogP contribution is 2.28. The van der Waals surface area contributed by atoms with Gasteiger partial charge < -0.3 is 9.47 Å². The van der Waals surface area contributed by atoms with Crippen molar-refractivity contribution in [3.05, 3.63) is 29.3 Å². The zero-order valence-corrected chi connectivity index (χ0v) is 8.91. The van der Waals surface area contributed by atoms with Crippen LogP contribution in [0.15, 0.2) is 18.2 Å². The van der Waals surface area contributed by atoms with Gasteiger partial charge in [0.15, 0.2) is 0 Å². The number of rotatable bonds is 3. The van der Waals surface area contributed by atoms with Gasteiger partial charge in [-0.25, -0.2) is 0 Å². The maximum atomic E-state index is 8.76. The Kier molecular flexibility index (Phi) is 2.37. The third-order valence-corrected chi connectivity index (χ3v) is 2.49. The molecule has 1 aromatic rings. The summed E-state index contributed by atoms with van der Waals surface area (Å²) in [6, 6.07) is 7.54. The van der Waals surface area contributed by atoms with Crippen LogP contribution in [0.5, 0.6) is 5.75 Å². The van der Waals surface area contributed by atoms with Gasteiger partial charge in [-0.2, -0.15) is 5.26 Å². The van der Waals surface area contributed by atoms with Crippen molar-refractivity contribution in [3.63, 3.8) is 0 Å². The first-order valence-corrected chi connectivity index (χ1v) is 4.90. The van der Waals surface area contributed by atoms with Crippen LogP contribution in [0.3, 0.4) is 0 Å². The van der Waals surface area contributed by atoms with Crippen LogP contribution >= 0.6 is 0 Å². The first-order chi connectivity index (χ1) is 7.13. The molecule has 0 spiro atoms. The number of aryl methyl sites for hydroxylation is 1. The molecule has 3 nitrogen and oxygen atoms in total. The standard InChI is InChI=1S/C12H13NO2/c1-9-3-4-10(6-13)5-11(9)14-7-12(2)8-15-12/h3-5H,7-8H2,1-2H3. The van der Waals surface area contributed by atoms with E-state index in [-0.39, 0.29) is 5.60 Å². The van der Waals surface area contributed by atoms with Gasteiger partial charge in [0, 0.05) is 0 Å². The summed E-state index contributed by atoms with van der Waals surface area (Å²) in [6.45, 7) is 5.27. The molecule has 15 heavy (non-hydrogen) atoms. The molecule has 3 heteroatoms. The molecule has 0 aliphatic carbocycles. The molecule has 1 atom stereocenters. The van der Waals surface area contributed by atoms with E-state index in [1.54, 1.807) is 12.1 Å². The lowest BCUT2D eigenvalue weighted by molar-refractivity contribution is 0.201. The van der Waals surface area contributed by atoms with Gasteiger partial charge in [0.05, 0.1) is 18.2 Å². The van der Waals surface area contributed by atoms with E-state index in [0.29, 0.717) is 12.2 Å². The maximum absolute atomic E-state index is 8.76. The number of benzene rings is 1. The minimum absolute atomic E-state index is 0.116. The second kappa shape index (κ2) is 3.56. The van der Waals surface area contributed by atoms with Crippen molar-refractivity contribution in [1.82, 2.24) is 0 Å². The second-order valence-electron chi connectivity index (χ2n) is 4.12. The quantitative estimate of drug-likeness (QED) is 0.706. The molecule has 1 heterocycles. The predicted octanol–water partition coefficient (Wildman–Crippen LogP) is 2.03. The van der Waals surface area contributed by atoms with E-state index in [2.05, 4.69) is 6.07 Å². The van der Waals surface area contributed by atoms with Gasteiger partial charge in [0.25, 0.3) is 0 Å². The average Bonchev–Trinajstić information content (AvgIpc) is 2.96. The molecule has 1 unspecified atom stereocenters. The molecule has 1 aliphatic rings. The smallest absolute Gasteiger partial charge is 0.123 e. The van der Waals surface area contributed by atoms with Crippen molar-refractivity contribution in [2.45, 2.75) is 19.4 Å². The second-order valence-corrected chi connectivity index (χ2v) is 4.12. The summed E-state index contributed by atoms with van der Waals surface area (Å²) in [6.07, 6.45) is 0. The Labute approximate surface area is 89.2 Å². The average molecular weight is 203 g/mol. The van der Waals surface area contributed by atoms with E-state index < -0.39 is 0 Å². The van der Waals surface area contributed by atoms with Crippen molar-refractivity contribution >= 4 is 0 Å². The summed E-state index contributed by atoms with van der Waals surface area (Å²) in [7, 11) is 0. The Hall–Kier alpha value is -1.53. The Balaban J connectivity index is 2.09. The SMILES string of the molecule is Cc1ccc(C#N)cc1OCC1(C)CO1. The fourth-order valence-corrected chi connectivity index (χ4v) is 1.26. The molecule has 1 aromatic carbocycles. The number of nitrogens with zero attached hydrogens (tertiary/aromatic N) is 1. The Morgan fingerprint density at radius 2 is 2.33 bits per heavy atom. The van der Waals surface area contributed by atoms with Crippen LogP contribution in [0, 0.1) is 18.3 Å². The summed E-state index contributed by atoms with van der Waals surface area (Å²) in [4.78, 5) is 0. The predicted molar refractivity (Wildman–Crippen MR) is 55.7 cm³/mol. The van der Waals surface area contributed by atoms with Gasteiger partial charge in [-0.15, -0.1) is 0 Å². The molecule has 2 rings (SSSR count). The van der Waals surface area contributed by atoms with Crippen molar-refractivity contribution in [1.29, 1.82) is 5.26 Å². The Morgan fingerprint density at radius 3 is 2.93 bits per heavy atom. The minimum atomic E-state index is -0.116. The summed E-state index contributed by atoms with van der Waals surface area (Å²) in [5, 5.41) is 8.76. The molecule has 0 N–H and O–H groups in total. The lowest BCUT2D eigenvalue weighted by atomic mass is 10.1. The Bertz CT molecular complexity index is 416. The first kappa shape index (κ1) is 10.0. The molecular formula is C12H13NO2. The zero-order chi connectivity index (χ0) is 10.9. The summed E-state index contributed by atoms with van der Waals surface area (Å²) in [5.41, 5.74) is 1.55. The van der Waals surface area contributed by atoms with Crippen LogP contribution in [0.25, 0.3) is 0 Å². The van der Waals surface area contributed by atoms with E-state index >= 15 is 0 Å². The molecule has 78 valence electrons. The van der Waals surface area contributed by atoms with Crippen LogP contribution in [0.2, 0.25) is 0 Å². The van der Waals surface area contributed by atoms with Crippen LogP contribution in [0.4, 0.5) is 0 Å². The normalized spacial score (nSPS) is 23.3. The van der Waals surface area contributed by atoms with Crippen LogP contribution in [0.1, 0.15) is 18.1 Å². The summed E-state index contributed by atoms with van der Waals surface area (Å²) >= 11 is 0. The van der Waals surface area contributed by atoms with Crippen LogP contribution < -0.4 is 4.74 Å². The Morgan fingerprint density at radius 1 is 1.60 bits per heavy atom. The molecule has 0 aromatic heterocycles. The van der Waals surface area contributed by atoms with E-state index in [1.807, 2.05) is 19.9 Å². The van der Waals surface area contributed by atoms with Gasteiger partial charge in [0.1, 0.15) is 18.0 Å². The van der Waals surface area contributed by atoms with Crippen molar-refractivity contribution < 1.29 is 9.47 Å². The van der Waals surface area contributed by atoms with Crippen molar-refractivity contribution in [2.24, 2.45) is 0 Å². The molecule has 0 amide bonds. The van der Waals surface area contributed by atoms with Crippen LogP contribution in [-0.4, -0.2) is 18.8 Å². The summed E-state index contributed by atoms with van der Waals surface area (Å²) in [5.74, 6) is 0.769. The first-order valence-electron chi connectivity index (χ1n) is 4.90. The van der Waals surface area contributed by atoms with E-state index in [4.69, 9.17) is 14.7 Å². The largest absolute Gasteiger partial charge is 0.490 e. The van der Waals surface area contributed by atoms with Gasteiger partial charge in [-0.3, -0.25) is 0 Å². The highest BCUT2D eigenvalue weighted by atomic mass is 16.6. The van der Waals surface area contributed by atoms with Gasteiger partial charge in [0.2, 0.25) is 0 Å². The number of ether oxygens (including phenoxy) is 2. The highest BCUT2D eigenvalue weighted by molar-refractivity contribution is 5.41. The monoisotopic (exact) mass is 203 g/mol. The third-order valence-electron chi connectivity index (χ3n) is 2.49. The molecule has 1 fully saturated rings. The minimum Gasteiger partial charge on any atom is -0.490 e. The molecule has 0 saturated carbocycles. The molecular weight excluding hydrogens is 190 g/mol. The van der Waals surface area contributed by atoms with Gasteiger partial charge >= 0.3 is 0 Å². The fraction of sp³-hybridized carbons (Fsp3) is 0.417. The van der Waals surface area contributed by atoms with Gasteiger partial charge in [-0.1, -0.05) is 6.07 Å². The van der Waals surface area contributed by atoms with E-state index in [0.717, 1.165) is 17.9 Å². The third kappa shape index (κ3) is 2.28. The van der Waals surface area contributed by atoms with Gasteiger partial charge in [-0.05, 0) is 31.5 Å². The fourth-order valence-electron chi connectivity index (χ4n) is 1.26. The van der Waals surface area contributed by atoms with Crippen molar-refractivity contribution in [2.75, 3.05) is 13.2 Å². The number of hydrogen-bond acceptors (Lipinski definition) is 3. The number of nitriles is 1. The topological polar surface area (TPSA) is 45.5 Å². The summed E-state index contributed by atoms with van der Waals surface area (Å²) < 4.78 is 10.9. The molecule has 0 bridgehead atoms. The molecule has 0 radical (unpaired) electrons. The molecule has 1 saturated heterocycles. The van der Waals surface area contributed by atoms with E-state index in [9.17, 15) is 0 Å². The lowest BCUT2D eigenvalue weighted by Crippen LogP contribution is -2.17. The highest BCUT2D eigenvalue weighted by Gasteiger charge is 2.40. The number of hydrogen-bond donors (Lipinski definition) is 0. The van der Waals surface area contributed by atoms with Crippen molar-refractivity contribution in [3.8, 4) is 11.8 Å². The zero-order valence-electron chi connectivity index (χ0n) is 8.91. The lowest BCUT2D eigenvalue weighted by Gasteiger charge is -2.11.